The van der Waals surface area contributed by atoms with Crippen LogP contribution in [0.1, 0.15) is 24.4 Å². The summed E-state index contributed by atoms with van der Waals surface area (Å²) in [7, 11) is 0. The summed E-state index contributed by atoms with van der Waals surface area (Å²) < 4.78 is 2.53. The summed E-state index contributed by atoms with van der Waals surface area (Å²) in [5, 5.41) is 8.73. The molecule has 0 bridgehead atoms. The summed E-state index contributed by atoms with van der Waals surface area (Å²) in [5.41, 5.74) is 0.724. The lowest BCUT2D eigenvalue weighted by Crippen LogP contribution is -2.20. The van der Waals surface area contributed by atoms with Crippen LogP contribution in [0.25, 0.3) is 0 Å². The average Bonchev–Trinajstić information content (AvgIpc) is 3.04. The van der Waals surface area contributed by atoms with Gasteiger partial charge in [-0.2, -0.15) is 0 Å². The van der Waals surface area contributed by atoms with Crippen LogP contribution in [-0.2, 0) is 9.59 Å². The van der Waals surface area contributed by atoms with Gasteiger partial charge in [0.2, 0.25) is 0 Å². The van der Waals surface area contributed by atoms with E-state index in [1.165, 1.54) is 0 Å². The molecule has 1 saturated carbocycles. The Morgan fingerprint density at radius 1 is 1.31 bits per heavy atom. The lowest BCUT2D eigenvalue weighted by Gasteiger charge is -2.08. The number of rotatable bonds is 3. The predicted octanol–water partition coefficient (Wildman–Crippen LogP) is 2.06. The Bertz CT molecular complexity index is 361. The van der Waals surface area contributed by atoms with Crippen LogP contribution >= 0.6 is 16.1 Å². The molecule has 2 N–H and O–H groups in total. The van der Waals surface area contributed by atoms with E-state index in [0.29, 0.717) is 5.78 Å². The van der Waals surface area contributed by atoms with E-state index in [1.807, 2.05) is 6.07 Å². The summed E-state index contributed by atoms with van der Waals surface area (Å²) in [6, 6.07) is 8.27. The van der Waals surface area contributed by atoms with E-state index < -0.39 is 12.0 Å². The SMILES string of the molecule is O=C(O)C(NBr)c1ccccc1.O=C1CC1. The number of carboxylic acids is 1. The third kappa shape index (κ3) is 4.55. The molecule has 5 heteroatoms. The van der Waals surface area contributed by atoms with Crippen molar-refractivity contribution in [2.24, 2.45) is 0 Å². The minimum Gasteiger partial charge on any atom is -0.480 e. The normalized spacial score (nSPS) is 14.7. The van der Waals surface area contributed by atoms with E-state index in [0.717, 1.165) is 18.4 Å². The third-order valence-electron chi connectivity index (χ3n) is 1.94. The van der Waals surface area contributed by atoms with Crippen molar-refractivity contribution in [3.8, 4) is 0 Å². The van der Waals surface area contributed by atoms with Gasteiger partial charge in [0.05, 0.1) is 0 Å². The van der Waals surface area contributed by atoms with E-state index in [-0.39, 0.29) is 0 Å². The number of hydrogen-bond donors (Lipinski definition) is 2. The number of Topliss-reactive ketones (excluding diaryl/α,β-unsaturated/α-hetero) is 1. The molecule has 0 saturated heterocycles. The lowest BCUT2D eigenvalue weighted by atomic mass is 10.1. The molecular weight excluding hydrogens is 274 g/mol. The molecule has 0 heterocycles. The lowest BCUT2D eigenvalue weighted by molar-refractivity contribution is -0.139. The maximum atomic E-state index is 10.6. The fourth-order valence-electron chi connectivity index (χ4n) is 0.949. The summed E-state index contributed by atoms with van der Waals surface area (Å²) in [5.74, 6) is -0.488. The molecule has 0 aromatic heterocycles. The zero-order chi connectivity index (χ0) is 12.0. The van der Waals surface area contributed by atoms with E-state index in [2.05, 4.69) is 20.5 Å². The first-order chi connectivity index (χ1) is 7.65. The minimum atomic E-state index is -0.905. The Hall–Kier alpha value is -1.20. The van der Waals surface area contributed by atoms with Crippen LogP contribution in [0.15, 0.2) is 30.3 Å². The zero-order valence-corrected chi connectivity index (χ0v) is 10.1. The predicted molar refractivity (Wildman–Crippen MR) is 63.1 cm³/mol. The number of nitrogens with one attached hydrogen (secondary N) is 1. The van der Waals surface area contributed by atoms with Crippen LogP contribution < -0.4 is 4.34 Å². The Labute approximate surface area is 102 Å². The molecule has 4 nitrogen and oxygen atoms in total. The van der Waals surface area contributed by atoms with Gasteiger partial charge in [0, 0.05) is 29.0 Å². The van der Waals surface area contributed by atoms with Crippen molar-refractivity contribution in [3.05, 3.63) is 35.9 Å². The highest BCUT2D eigenvalue weighted by Crippen LogP contribution is 2.13. The van der Waals surface area contributed by atoms with Crippen LogP contribution in [-0.4, -0.2) is 16.9 Å². The highest BCUT2D eigenvalue weighted by Gasteiger charge is 2.16. The monoisotopic (exact) mass is 285 g/mol. The summed E-state index contributed by atoms with van der Waals surface area (Å²) >= 11 is 2.92. The molecule has 86 valence electrons. The molecule has 2 rings (SSSR count). The van der Waals surface area contributed by atoms with Crippen LogP contribution in [0.5, 0.6) is 0 Å². The van der Waals surface area contributed by atoms with E-state index >= 15 is 0 Å². The van der Waals surface area contributed by atoms with Crippen molar-refractivity contribution in [1.29, 1.82) is 0 Å². The van der Waals surface area contributed by atoms with Crippen molar-refractivity contribution < 1.29 is 14.7 Å². The molecule has 1 aromatic carbocycles. The third-order valence-corrected chi connectivity index (χ3v) is 2.40. The molecule has 1 aliphatic rings. The van der Waals surface area contributed by atoms with Crippen molar-refractivity contribution in [3.63, 3.8) is 0 Å². The van der Waals surface area contributed by atoms with E-state index in [9.17, 15) is 9.59 Å². The average molecular weight is 286 g/mol. The van der Waals surface area contributed by atoms with E-state index in [4.69, 9.17) is 5.11 Å². The van der Waals surface area contributed by atoms with Gasteiger partial charge in [-0.3, -0.25) is 9.59 Å². The number of hydrogen-bond acceptors (Lipinski definition) is 3. The molecule has 0 amide bonds. The Balaban J connectivity index is 0.000000267. The molecule has 1 aromatic rings. The molecule has 1 aliphatic carbocycles. The maximum Gasteiger partial charge on any atom is 0.326 e. The molecule has 1 unspecified atom stereocenters. The quantitative estimate of drug-likeness (QED) is 0.835. The molecule has 16 heavy (non-hydrogen) atoms. The number of aliphatic carboxylic acids is 1. The van der Waals surface area contributed by atoms with Gasteiger partial charge in [-0.25, -0.2) is 4.34 Å². The van der Waals surface area contributed by atoms with Crippen LogP contribution in [0.2, 0.25) is 0 Å². The summed E-state index contributed by atoms with van der Waals surface area (Å²) in [6.07, 6.45) is 1.69. The standard InChI is InChI=1S/C8H8BrNO2.C3H4O/c9-10-7(8(11)12)6-4-2-1-3-5-6;4-3-1-2-3/h1-5,7,10H,(H,11,12);1-2H2. The summed E-state index contributed by atoms with van der Waals surface area (Å²) in [6.45, 7) is 0. The second kappa shape index (κ2) is 6.40. The molecule has 0 spiro atoms. The van der Waals surface area contributed by atoms with Gasteiger partial charge >= 0.3 is 5.97 Å². The van der Waals surface area contributed by atoms with Crippen LogP contribution in [0, 0.1) is 0 Å². The van der Waals surface area contributed by atoms with Crippen molar-refractivity contribution >= 4 is 27.9 Å². The van der Waals surface area contributed by atoms with Gasteiger partial charge in [0.1, 0.15) is 11.8 Å². The fraction of sp³-hybridized carbons (Fsp3) is 0.273. The number of carboxylic acid groups (broad SMARTS) is 1. The highest BCUT2D eigenvalue weighted by atomic mass is 79.9. The molecular formula is C11H12BrNO3. The van der Waals surface area contributed by atoms with Gasteiger partial charge in [-0.15, -0.1) is 0 Å². The number of halogens is 1. The largest absolute Gasteiger partial charge is 0.480 e. The van der Waals surface area contributed by atoms with Gasteiger partial charge < -0.3 is 5.11 Å². The first-order valence-corrected chi connectivity index (χ1v) is 5.60. The highest BCUT2D eigenvalue weighted by molar-refractivity contribution is 9.08. The Morgan fingerprint density at radius 2 is 1.81 bits per heavy atom. The molecule has 1 atom stereocenters. The van der Waals surface area contributed by atoms with Gasteiger partial charge in [0.25, 0.3) is 0 Å². The number of benzene rings is 1. The Kier molecular flexibility index (Phi) is 5.14. The Morgan fingerprint density at radius 3 is 2.12 bits per heavy atom. The fourth-order valence-corrected chi connectivity index (χ4v) is 1.41. The van der Waals surface area contributed by atoms with Gasteiger partial charge in [-0.1, -0.05) is 30.3 Å². The maximum absolute atomic E-state index is 10.6. The second-order valence-electron chi connectivity index (χ2n) is 3.33. The van der Waals surface area contributed by atoms with Crippen molar-refractivity contribution in [1.82, 2.24) is 4.34 Å². The molecule has 1 fully saturated rings. The number of carbonyl (C=O) groups excluding carboxylic acids is 1. The molecule has 0 radical (unpaired) electrons. The van der Waals surface area contributed by atoms with Crippen molar-refractivity contribution in [2.75, 3.05) is 0 Å². The first kappa shape index (κ1) is 12.9. The first-order valence-electron chi connectivity index (χ1n) is 4.80. The van der Waals surface area contributed by atoms with Crippen molar-refractivity contribution in [2.45, 2.75) is 18.9 Å². The number of ketones is 1. The summed E-state index contributed by atoms with van der Waals surface area (Å²) in [4.78, 5) is 20.2. The smallest absolute Gasteiger partial charge is 0.326 e. The zero-order valence-electron chi connectivity index (χ0n) is 8.52. The number of carbonyl (C=O) groups is 2. The minimum absolute atomic E-state index is 0.417. The van der Waals surface area contributed by atoms with Crippen LogP contribution in [0.4, 0.5) is 0 Å². The molecule has 0 aliphatic heterocycles. The van der Waals surface area contributed by atoms with Gasteiger partial charge in [-0.05, 0) is 5.56 Å². The second-order valence-corrected chi connectivity index (χ2v) is 3.79. The topological polar surface area (TPSA) is 66.4 Å². The van der Waals surface area contributed by atoms with Gasteiger partial charge in [0.15, 0.2) is 0 Å². The van der Waals surface area contributed by atoms with E-state index in [1.54, 1.807) is 24.3 Å². The van der Waals surface area contributed by atoms with Crippen LogP contribution in [0.3, 0.4) is 0 Å².